The highest BCUT2D eigenvalue weighted by molar-refractivity contribution is 5.93. The number of likely N-dealkylation sites (tertiary alicyclic amines) is 1. The number of nitrogens with zero attached hydrogens (tertiary/aromatic N) is 4. The van der Waals surface area contributed by atoms with E-state index >= 15 is 0 Å². The molecule has 1 unspecified atom stereocenters. The van der Waals surface area contributed by atoms with Gasteiger partial charge in [0.15, 0.2) is 0 Å². The maximum atomic E-state index is 13.0. The first-order valence-electron chi connectivity index (χ1n) is 10.2. The lowest BCUT2D eigenvalue weighted by Gasteiger charge is -2.25. The van der Waals surface area contributed by atoms with Crippen LogP contribution in [0.4, 0.5) is 4.79 Å². The van der Waals surface area contributed by atoms with Crippen molar-refractivity contribution >= 4 is 12.0 Å². The van der Waals surface area contributed by atoms with E-state index in [1.807, 2.05) is 56.6 Å². The van der Waals surface area contributed by atoms with Gasteiger partial charge in [0.05, 0.1) is 11.7 Å². The number of amides is 2. The summed E-state index contributed by atoms with van der Waals surface area (Å²) in [4.78, 5) is 31.3. The van der Waals surface area contributed by atoms with Gasteiger partial charge in [-0.2, -0.15) is 5.10 Å². The third-order valence-corrected chi connectivity index (χ3v) is 5.39. The molecule has 8 nitrogen and oxygen atoms in total. The van der Waals surface area contributed by atoms with Gasteiger partial charge in [-0.3, -0.25) is 14.5 Å². The van der Waals surface area contributed by atoms with Crippen LogP contribution in [0.1, 0.15) is 29.4 Å². The summed E-state index contributed by atoms with van der Waals surface area (Å²) in [5.41, 5.74) is 2.55. The summed E-state index contributed by atoms with van der Waals surface area (Å²) in [7, 11) is 1.85. The minimum absolute atomic E-state index is 0.158. The summed E-state index contributed by atoms with van der Waals surface area (Å²) in [6.45, 7) is 3.05. The molecule has 4 rings (SSSR count). The number of benzene rings is 1. The van der Waals surface area contributed by atoms with Crippen molar-refractivity contribution in [2.45, 2.75) is 25.5 Å². The van der Waals surface area contributed by atoms with Gasteiger partial charge in [0.25, 0.3) is 5.91 Å². The van der Waals surface area contributed by atoms with Gasteiger partial charge in [0, 0.05) is 38.1 Å². The summed E-state index contributed by atoms with van der Waals surface area (Å²) < 4.78 is 7.04. The van der Waals surface area contributed by atoms with Crippen LogP contribution in [0.5, 0.6) is 0 Å². The van der Waals surface area contributed by atoms with Gasteiger partial charge in [0.2, 0.25) is 0 Å². The zero-order valence-corrected chi connectivity index (χ0v) is 17.6. The van der Waals surface area contributed by atoms with Crippen molar-refractivity contribution < 1.29 is 14.3 Å². The highest BCUT2D eigenvalue weighted by atomic mass is 16.5. The summed E-state index contributed by atoms with van der Waals surface area (Å²) in [6, 6.07) is 13.1. The van der Waals surface area contributed by atoms with Crippen molar-refractivity contribution in [3.8, 4) is 11.1 Å². The average Bonchev–Trinajstić information content (AvgIpc) is 3.38. The number of hydrogen-bond donors (Lipinski definition) is 1. The van der Waals surface area contributed by atoms with Crippen LogP contribution in [-0.2, 0) is 18.4 Å². The van der Waals surface area contributed by atoms with Crippen LogP contribution in [0.25, 0.3) is 11.1 Å². The molecule has 0 bridgehead atoms. The first kappa shape index (κ1) is 20.6. The zero-order chi connectivity index (χ0) is 21.8. The number of nitrogens with one attached hydrogen (secondary N) is 1. The van der Waals surface area contributed by atoms with Crippen molar-refractivity contribution in [3.05, 3.63) is 72.3 Å². The van der Waals surface area contributed by atoms with Gasteiger partial charge in [-0.25, -0.2) is 4.79 Å². The Morgan fingerprint density at radius 1 is 1.19 bits per heavy atom. The predicted molar refractivity (Wildman–Crippen MR) is 115 cm³/mol. The topological polar surface area (TPSA) is 89.4 Å². The summed E-state index contributed by atoms with van der Waals surface area (Å²) in [5.74, 6) is -0.158. The van der Waals surface area contributed by atoms with Crippen molar-refractivity contribution in [2.24, 2.45) is 7.05 Å². The number of carbonyl (C=O) groups excluding carboxylic acids is 2. The molecule has 3 aromatic rings. The molecule has 1 aromatic carbocycles. The Morgan fingerprint density at radius 3 is 2.74 bits per heavy atom. The Kier molecular flexibility index (Phi) is 5.70. The fraction of sp³-hybridized carbons (Fsp3) is 0.304. The molecule has 160 valence electrons. The van der Waals surface area contributed by atoms with Gasteiger partial charge >= 0.3 is 6.09 Å². The molecule has 1 aliphatic heterocycles. The summed E-state index contributed by atoms with van der Waals surface area (Å²) in [5, 5.41) is 7.09. The van der Waals surface area contributed by atoms with E-state index in [9.17, 15) is 9.59 Å². The van der Waals surface area contributed by atoms with Gasteiger partial charge < -0.3 is 15.0 Å². The highest BCUT2D eigenvalue weighted by Gasteiger charge is 2.38. The number of pyridine rings is 1. The van der Waals surface area contributed by atoms with Crippen LogP contribution in [0.15, 0.2) is 61.1 Å². The number of aromatic nitrogens is 3. The second kappa shape index (κ2) is 8.59. The first-order chi connectivity index (χ1) is 14.9. The molecule has 0 spiro atoms. The molecule has 0 radical (unpaired) electrons. The normalized spacial score (nSPS) is 18.1. The van der Waals surface area contributed by atoms with Crippen LogP contribution in [0, 0.1) is 0 Å². The lowest BCUT2D eigenvalue weighted by Crippen LogP contribution is -2.48. The van der Waals surface area contributed by atoms with Gasteiger partial charge in [-0.1, -0.05) is 30.3 Å². The van der Waals surface area contributed by atoms with Crippen molar-refractivity contribution in [3.63, 3.8) is 0 Å². The number of ether oxygens (including phenoxy) is 1. The number of aryl methyl sites for hydroxylation is 1. The Morgan fingerprint density at radius 2 is 2.00 bits per heavy atom. The van der Waals surface area contributed by atoms with Crippen molar-refractivity contribution in [1.82, 2.24) is 25.0 Å². The fourth-order valence-corrected chi connectivity index (χ4v) is 3.70. The lowest BCUT2D eigenvalue weighted by molar-refractivity contribution is 0.0771. The minimum atomic E-state index is -0.551. The largest absolute Gasteiger partial charge is 0.445 e. The molecule has 1 saturated heterocycles. The van der Waals surface area contributed by atoms with Crippen LogP contribution < -0.4 is 5.32 Å². The van der Waals surface area contributed by atoms with Crippen LogP contribution in [0.2, 0.25) is 0 Å². The van der Waals surface area contributed by atoms with Crippen molar-refractivity contribution in [1.29, 1.82) is 0 Å². The standard InChI is InChI=1S/C23H25N5O3/c1-23(26-22(30)31-15-17-6-4-3-5-7-17)9-11-28(16-23)21(29)20-12-18(8-10-24-20)19-13-25-27(2)14-19/h3-8,10,12-14H,9,11,15-16H2,1-2H3,(H,26,30). The average molecular weight is 419 g/mol. The molecular weight excluding hydrogens is 394 g/mol. The Balaban J connectivity index is 1.36. The quantitative estimate of drug-likeness (QED) is 0.687. The molecule has 31 heavy (non-hydrogen) atoms. The molecule has 1 N–H and O–H groups in total. The predicted octanol–water partition coefficient (Wildman–Crippen LogP) is 3.01. The molecular formula is C23H25N5O3. The number of carbonyl (C=O) groups is 2. The second-order valence-corrected chi connectivity index (χ2v) is 8.06. The van der Waals surface area contributed by atoms with Crippen molar-refractivity contribution in [2.75, 3.05) is 13.1 Å². The fourth-order valence-electron chi connectivity index (χ4n) is 3.70. The maximum absolute atomic E-state index is 13.0. The smallest absolute Gasteiger partial charge is 0.407 e. The Hall–Kier alpha value is -3.68. The monoisotopic (exact) mass is 419 g/mol. The Bertz CT molecular complexity index is 1080. The molecule has 1 aliphatic rings. The van der Waals surface area contributed by atoms with Gasteiger partial charge in [-0.15, -0.1) is 0 Å². The maximum Gasteiger partial charge on any atom is 0.407 e. The summed E-state index contributed by atoms with van der Waals surface area (Å²) >= 11 is 0. The van der Waals surface area contributed by atoms with Crippen LogP contribution in [0.3, 0.4) is 0 Å². The van der Waals surface area contributed by atoms with Crippen LogP contribution in [-0.4, -0.2) is 50.3 Å². The van der Waals surface area contributed by atoms with E-state index in [0.717, 1.165) is 16.7 Å². The minimum Gasteiger partial charge on any atom is -0.445 e. The number of hydrogen-bond acceptors (Lipinski definition) is 5. The highest BCUT2D eigenvalue weighted by Crippen LogP contribution is 2.24. The number of alkyl carbamates (subject to hydrolysis) is 1. The molecule has 2 amide bonds. The molecule has 0 aliphatic carbocycles. The van der Waals surface area contributed by atoms with E-state index < -0.39 is 11.6 Å². The third kappa shape index (κ3) is 4.91. The second-order valence-electron chi connectivity index (χ2n) is 8.06. The van der Waals surface area contributed by atoms with E-state index in [1.54, 1.807) is 28.0 Å². The summed E-state index contributed by atoms with van der Waals surface area (Å²) in [6.07, 6.45) is 5.42. The Labute approximate surface area is 180 Å². The first-order valence-corrected chi connectivity index (χ1v) is 10.2. The third-order valence-electron chi connectivity index (χ3n) is 5.39. The molecule has 1 fully saturated rings. The van der Waals surface area contributed by atoms with E-state index in [-0.39, 0.29) is 12.5 Å². The lowest BCUT2D eigenvalue weighted by atomic mass is 10.0. The SMILES string of the molecule is Cn1cc(-c2ccnc(C(=O)N3CCC(C)(NC(=O)OCc4ccccc4)C3)c2)cn1. The van der Waals surface area contributed by atoms with E-state index in [1.165, 1.54) is 0 Å². The molecule has 1 atom stereocenters. The molecule has 3 heterocycles. The van der Waals surface area contributed by atoms with E-state index in [0.29, 0.717) is 25.2 Å². The van der Waals surface area contributed by atoms with Crippen LogP contribution >= 0.6 is 0 Å². The molecule has 8 heteroatoms. The van der Waals surface area contributed by atoms with Gasteiger partial charge in [0.1, 0.15) is 12.3 Å². The van der Waals surface area contributed by atoms with E-state index in [2.05, 4.69) is 15.4 Å². The molecule has 2 aromatic heterocycles. The molecule has 0 saturated carbocycles. The van der Waals surface area contributed by atoms with E-state index in [4.69, 9.17) is 4.74 Å². The number of rotatable bonds is 5. The van der Waals surface area contributed by atoms with Gasteiger partial charge in [-0.05, 0) is 36.6 Å². The zero-order valence-electron chi connectivity index (χ0n) is 17.6.